The van der Waals surface area contributed by atoms with Crippen molar-refractivity contribution in [2.45, 2.75) is 96.8 Å². The Morgan fingerprint density at radius 3 is 1.97 bits per heavy atom. The molecule has 0 aromatic heterocycles. The van der Waals surface area contributed by atoms with Crippen molar-refractivity contribution in [3.63, 3.8) is 0 Å². The van der Waals surface area contributed by atoms with Gasteiger partial charge in [0.05, 0.1) is 11.5 Å². The normalized spacial score (nSPS) is 13.4. The summed E-state index contributed by atoms with van der Waals surface area (Å²) in [6, 6.07) is 5.23. The molecule has 11 heteroatoms. The molecule has 0 aliphatic carbocycles. The lowest BCUT2D eigenvalue weighted by molar-refractivity contribution is 0.0525. The Morgan fingerprint density at radius 2 is 1.49 bits per heavy atom. The van der Waals surface area contributed by atoms with Gasteiger partial charge in [-0.15, -0.1) is 0 Å². The van der Waals surface area contributed by atoms with Crippen LogP contribution >= 0.6 is 0 Å². The first-order valence-electron chi connectivity index (χ1n) is 12.6. The lowest BCUT2D eigenvalue weighted by atomic mass is 10.1. The number of amides is 2. The van der Waals surface area contributed by atoms with E-state index in [2.05, 4.69) is 10.6 Å². The Kier molecular flexibility index (Phi) is 12.3. The number of nitrogens with one attached hydrogen (secondary N) is 2. The number of benzene rings is 1. The van der Waals surface area contributed by atoms with E-state index in [0.717, 1.165) is 0 Å². The number of rotatable bonds is 12. The van der Waals surface area contributed by atoms with Crippen LogP contribution in [0.25, 0.3) is 0 Å². The third-order valence-corrected chi connectivity index (χ3v) is 6.83. The number of carbonyl (C=O) groups excluding carboxylic acids is 2. The highest BCUT2D eigenvalue weighted by Gasteiger charge is 2.31. The number of aliphatic hydroxyl groups excluding tert-OH is 1. The highest BCUT2D eigenvalue weighted by atomic mass is 32.2. The molecular weight excluding hydrogens is 498 g/mol. The van der Waals surface area contributed by atoms with Crippen LogP contribution in [0.2, 0.25) is 0 Å². The van der Waals surface area contributed by atoms with E-state index in [1.54, 1.807) is 41.5 Å². The number of hydrogen-bond acceptors (Lipinski definition) is 7. The minimum absolute atomic E-state index is 0.0331. The molecule has 1 aromatic carbocycles. The van der Waals surface area contributed by atoms with Crippen molar-refractivity contribution in [3.8, 4) is 0 Å². The van der Waals surface area contributed by atoms with Crippen LogP contribution in [0.3, 0.4) is 0 Å². The van der Waals surface area contributed by atoms with Gasteiger partial charge in [-0.25, -0.2) is 18.0 Å². The summed E-state index contributed by atoms with van der Waals surface area (Å²) in [5.41, 5.74) is -0.836. The molecule has 0 radical (unpaired) electrons. The molecule has 0 saturated heterocycles. The second kappa shape index (κ2) is 14.0. The van der Waals surface area contributed by atoms with Gasteiger partial charge in [0, 0.05) is 24.8 Å². The molecule has 0 fully saturated rings. The number of carbonyl (C=O) groups is 2. The Morgan fingerprint density at radius 1 is 0.946 bits per heavy atom. The zero-order chi connectivity index (χ0) is 28.4. The number of anilines is 1. The zero-order valence-electron chi connectivity index (χ0n) is 23.5. The molecule has 0 aliphatic rings. The summed E-state index contributed by atoms with van der Waals surface area (Å²) in [5, 5.41) is 15.3. The van der Waals surface area contributed by atoms with Crippen LogP contribution in [-0.2, 0) is 19.5 Å². The maximum Gasteiger partial charge on any atom is 0.412 e. The van der Waals surface area contributed by atoms with Gasteiger partial charge >= 0.3 is 12.2 Å². The fourth-order valence-corrected chi connectivity index (χ4v) is 5.22. The number of unbranched alkanes of at least 4 members (excludes halogenated alkanes) is 1. The second-order valence-electron chi connectivity index (χ2n) is 11.4. The molecule has 1 aromatic rings. The van der Waals surface area contributed by atoms with Crippen LogP contribution < -0.4 is 10.6 Å². The molecule has 0 saturated carbocycles. The van der Waals surface area contributed by atoms with Gasteiger partial charge in [-0.3, -0.25) is 5.32 Å². The minimum Gasteiger partial charge on any atom is -0.444 e. The maximum atomic E-state index is 13.5. The van der Waals surface area contributed by atoms with E-state index in [1.165, 1.54) is 28.6 Å². The van der Waals surface area contributed by atoms with Gasteiger partial charge in [-0.2, -0.15) is 4.31 Å². The predicted octanol–water partition coefficient (Wildman–Crippen LogP) is 4.74. The molecule has 0 unspecified atom stereocenters. The Labute approximate surface area is 222 Å². The van der Waals surface area contributed by atoms with Gasteiger partial charge in [0.15, 0.2) is 0 Å². The van der Waals surface area contributed by atoms with Crippen molar-refractivity contribution in [1.82, 2.24) is 9.62 Å². The lowest BCUT2D eigenvalue weighted by Gasteiger charge is -2.31. The van der Waals surface area contributed by atoms with Gasteiger partial charge in [-0.1, -0.05) is 20.3 Å². The number of aliphatic hydroxyl groups is 1. The Balaban J connectivity index is 2.87. The van der Waals surface area contributed by atoms with Crippen LogP contribution in [0.15, 0.2) is 29.2 Å². The van der Waals surface area contributed by atoms with Crippen LogP contribution in [0, 0.1) is 5.92 Å². The van der Waals surface area contributed by atoms with Gasteiger partial charge in [-0.05, 0) is 84.6 Å². The number of ether oxygens (including phenoxy) is 2. The molecule has 3 N–H and O–H groups in total. The molecule has 0 heterocycles. The SMILES string of the molecule is CC(C)CN([C@@H](CO)CCCCNC(=O)OC(C)(C)C)S(=O)(=O)c1ccc(NC(=O)OC(C)(C)C)cc1. The van der Waals surface area contributed by atoms with E-state index in [1.807, 2.05) is 13.8 Å². The summed E-state index contributed by atoms with van der Waals surface area (Å²) in [4.78, 5) is 23.8. The molecule has 0 spiro atoms. The zero-order valence-corrected chi connectivity index (χ0v) is 24.3. The summed E-state index contributed by atoms with van der Waals surface area (Å²) >= 11 is 0. The summed E-state index contributed by atoms with van der Waals surface area (Å²) < 4.78 is 38.8. The predicted molar refractivity (Wildman–Crippen MR) is 144 cm³/mol. The van der Waals surface area contributed by atoms with Crippen LogP contribution in [0.1, 0.15) is 74.7 Å². The van der Waals surface area contributed by atoms with E-state index in [0.29, 0.717) is 31.5 Å². The first-order chi connectivity index (χ1) is 16.9. The van der Waals surface area contributed by atoms with Crippen LogP contribution in [0.4, 0.5) is 15.3 Å². The number of alkyl carbamates (subject to hydrolysis) is 1. The summed E-state index contributed by atoms with van der Waals surface area (Å²) in [6.45, 7) is 14.7. The average Bonchev–Trinajstić information content (AvgIpc) is 2.72. The molecular formula is C26H45N3O7S. The highest BCUT2D eigenvalue weighted by Crippen LogP contribution is 2.24. The minimum atomic E-state index is -3.92. The van der Waals surface area contributed by atoms with E-state index >= 15 is 0 Å². The van der Waals surface area contributed by atoms with E-state index in [9.17, 15) is 23.1 Å². The van der Waals surface area contributed by atoms with Gasteiger partial charge in [0.1, 0.15) is 11.2 Å². The molecule has 1 atom stereocenters. The Bertz CT molecular complexity index is 965. The molecule has 212 valence electrons. The summed E-state index contributed by atoms with van der Waals surface area (Å²) in [7, 11) is -3.92. The van der Waals surface area contributed by atoms with Crippen molar-refractivity contribution < 1.29 is 32.6 Å². The van der Waals surface area contributed by atoms with E-state index < -0.39 is 39.5 Å². The fraction of sp³-hybridized carbons (Fsp3) is 0.692. The monoisotopic (exact) mass is 543 g/mol. The quantitative estimate of drug-likeness (QED) is 0.324. The molecule has 0 aliphatic heterocycles. The van der Waals surface area contributed by atoms with Crippen LogP contribution in [0.5, 0.6) is 0 Å². The first kappa shape index (κ1) is 32.7. The molecule has 0 bridgehead atoms. The highest BCUT2D eigenvalue weighted by molar-refractivity contribution is 7.89. The van der Waals surface area contributed by atoms with Crippen molar-refractivity contribution in [1.29, 1.82) is 0 Å². The summed E-state index contributed by atoms with van der Waals surface area (Å²) in [6.07, 6.45) is 0.502. The molecule has 10 nitrogen and oxygen atoms in total. The molecule has 1 rings (SSSR count). The van der Waals surface area contributed by atoms with Crippen molar-refractivity contribution >= 4 is 27.9 Å². The maximum absolute atomic E-state index is 13.5. The van der Waals surface area contributed by atoms with Crippen molar-refractivity contribution in [3.05, 3.63) is 24.3 Å². The Hall–Kier alpha value is -2.37. The van der Waals surface area contributed by atoms with Crippen LogP contribution in [-0.4, -0.2) is 67.0 Å². The second-order valence-corrected chi connectivity index (χ2v) is 13.3. The summed E-state index contributed by atoms with van der Waals surface area (Å²) in [5.74, 6) is 0.0331. The van der Waals surface area contributed by atoms with Gasteiger partial charge in [0.2, 0.25) is 10.0 Å². The third kappa shape index (κ3) is 12.6. The number of nitrogens with zero attached hydrogens (tertiary/aromatic N) is 1. The largest absolute Gasteiger partial charge is 0.444 e. The first-order valence-corrected chi connectivity index (χ1v) is 14.1. The topological polar surface area (TPSA) is 134 Å². The van der Waals surface area contributed by atoms with Crippen molar-refractivity contribution in [2.24, 2.45) is 5.92 Å². The third-order valence-electron chi connectivity index (χ3n) is 4.90. The van der Waals surface area contributed by atoms with Gasteiger partial charge < -0.3 is 19.9 Å². The van der Waals surface area contributed by atoms with Crippen molar-refractivity contribution in [2.75, 3.05) is 25.0 Å². The van der Waals surface area contributed by atoms with E-state index in [4.69, 9.17) is 9.47 Å². The average molecular weight is 544 g/mol. The van der Waals surface area contributed by atoms with Gasteiger partial charge in [0.25, 0.3) is 0 Å². The standard InChI is InChI=1S/C26H45N3O7S/c1-19(2)17-29(21(18-30)11-9-10-16-27-23(31)35-25(3,4)5)37(33,34)22-14-12-20(13-15-22)28-24(32)36-26(6,7)8/h12-15,19,21,30H,9-11,16-18H2,1-8H3,(H,27,31)(H,28,32)/t21-/m1/s1. The number of sulfonamides is 1. The lowest BCUT2D eigenvalue weighted by Crippen LogP contribution is -2.44. The fourth-order valence-electron chi connectivity index (χ4n) is 3.41. The van der Waals surface area contributed by atoms with E-state index in [-0.39, 0.29) is 24.0 Å². The smallest absolute Gasteiger partial charge is 0.412 e. The molecule has 37 heavy (non-hydrogen) atoms. The molecule has 2 amide bonds. The number of hydrogen-bond donors (Lipinski definition) is 3.